The van der Waals surface area contributed by atoms with E-state index in [9.17, 15) is 0 Å². The van der Waals surface area contributed by atoms with Crippen LogP contribution in [0.3, 0.4) is 0 Å². The quantitative estimate of drug-likeness (QED) is 0.165. The van der Waals surface area contributed by atoms with Gasteiger partial charge >= 0.3 is 0 Å². The number of fused-ring (bicyclic) bond motifs is 6. The molecule has 0 radical (unpaired) electrons. The highest BCUT2D eigenvalue weighted by Gasteiger charge is 2.49. The SMILES string of the molecule is CC1(C)C2=Cc3ccccc3C(c3ccc(N(c4ccccc4)c4ccc(C5(c6ccccc6)c6ccccc6-c6ccccc65)cc4)cc3)C2C2=C1CCC=C2. The molecule has 0 saturated heterocycles. The van der Waals surface area contributed by atoms with Crippen molar-refractivity contribution in [1.82, 2.24) is 0 Å². The molecule has 0 N–H and O–H groups in total. The molecule has 7 aromatic rings. The van der Waals surface area contributed by atoms with E-state index in [1.165, 1.54) is 50.1 Å². The molecular weight excluding hydrogens is 687 g/mol. The molecule has 1 heteroatoms. The Labute approximate surface area is 337 Å². The van der Waals surface area contributed by atoms with Gasteiger partial charge in [-0.3, -0.25) is 0 Å². The zero-order valence-electron chi connectivity index (χ0n) is 32.6. The van der Waals surface area contributed by atoms with Gasteiger partial charge in [0.25, 0.3) is 0 Å². The number of rotatable bonds is 6. The van der Waals surface area contributed by atoms with Crippen LogP contribution >= 0.6 is 0 Å². The molecule has 0 fully saturated rings. The van der Waals surface area contributed by atoms with Crippen LogP contribution < -0.4 is 4.90 Å². The maximum Gasteiger partial charge on any atom is 0.0713 e. The first-order valence-corrected chi connectivity index (χ1v) is 20.6. The van der Waals surface area contributed by atoms with Gasteiger partial charge in [0.05, 0.1) is 5.41 Å². The first kappa shape index (κ1) is 33.9. The van der Waals surface area contributed by atoms with E-state index in [1.54, 1.807) is 16.7 Å². The number of benzene rings is 7. The van der Waals surface area contributed by atoms with E-state index in [0.717, 1.165) is 29.9 Å². The van der Waals surface area contributed by atoms with Gasteiger partial charge in [0.1, 0.15) is 0 Å². The number of hydrogen-bond acceptors (Lipinski definition) is 1. The van der Waals surface area contributed by atoms with Crippen LogP contribution in [0.2, 0.25) is 0 Å². The third kappa shape index (κ3) is 5.01. The van der Waals surface area contributed by atoms with Crippen molar-refractivity contribution in [3.63, 3.8) is 0 Å². The first-order valence-electron chi connectivity index (χ1n) is 20.6. The fraction of sp³-hybridized carbons (Fsp3) is 0.143. The summed E-state index contributed by atoms with van der Waals surface area (Å²) in [5.41, 5.74) is 19.8. The Kier molecular flexibility index (Phi) is 7.76. The zero-order valence-corrected chi connectivity index (χ0v) is 32.6. The molecule has 7 aromatic carbocycles. The summed E-state index contributed by atoms with van der Waals surface area (Å²) < 4.78 is 0. The van der Waals surface area contributed by atoms with Crippen LogP contribution in [0, 0.1) is 11.3 Å². The molecule has 0 aliphatic heterocycles. The van der Waals surface area contributed by atoms with E-state index in [1.807, 2.05) is 0 Å². The Balaban J connectivity index is 1.02. The standard InChI is InChI=1S/C56H45N/c1-55(2)49-26-14-13-25-48(49)54-52(55)37-39-17-9-10-22-45(39)53(54)38-29-33-43(34-30-38)57(42-20-7-4-8-21-42)44-35-31-41(32-36-44)56(40-18-5-3-6-19-40)50-27-15-11-23-46(50)47-24-12-16-28-51(47)56/h3-13,15-25,27-37,53-54H,14,26H2,1-2H3. The molecule has 0 saturated carbocycles. The highest BCUT2D eigenvalue weighted by molar-refractivity contribution is 5.87. The zero-order chi connectivity index (χ0) is 38.1. The molecule has 0 heterocycles. The molecule has 11 rings (SSSR count). The van der Waals surface area contributed by atoms with Crippen molar-refractivity contribution in [2.75, 3.05) is 4.90 Å². The largest absolute Gasteiger partial charge is 0.311 e. The molecule has 0 amide bonds. The summed E-state index contributed by atoms with van der Waals surface area (Å²) >= 11 is 0. The fourth-order valence-corrected chi connectivity index (χ4v) is 11.1. The monoisotopic (exact) mass is 731 g/mol. The maximum atomic E-state index is 2.52. The molecule has 0 aromatic heterocycles. The predicted octanol–water partition coefficient (Wildman–Crippen LogP) is 14.4. The lowest BCUT2D eigenvalue weighted by Crippen LogP contribution is -2.28. The highest BCUT2D eigenvalue weighted by atomic mass is 15.1. The summed E-state index contributed by atoms with van der Waals surface area (Å²) in [7, 11) is 0. The van der Waals surface area contributed by atoms with Crippen molar-refractivity contribution in [2.45, 2.75) is 38.0 Å². The summed E-state index contributed by atoms with van der Waals surface area (Å²) in [5.74, 6) is 0.619. The van der Waals surface area contributed by atoms with Crippen LogP contribution in [0.15, 0.2) is 211 Å². The molecule has 274 valence electrons. The van der Waals surface area contributed by atoms with Crippen molar-refractivity contribution in [1.29, 1.82) is 0 Å². The van der Waals surface area contributed by atoms with Gasteiger partial charge in [-0.05, 0) is 105 Å². The minimum absolute atomic E-state index is 0.0640. The average molecular weight is 732 g/mol. The second-order valence-corrected chi connectivity index (χ2v) is 16.7. The number of para-hydroxylation sites is 1. The number of anilines is 3. The van der Waals surface area contributed by atoms with E-state index in [4.69, 9.17) is 0 Å². The number of nitrogens with zero attached hydrogens (tertiary/aromatic N) is 1. The van der Waals surface area contributed by atoms with Gasteiger partial charge in [0, 0.05) is 34.3 Å². The summed E-state index contributed by atoms with van der Waals surface area (Å²) in [6, 6.07) is 67.8. The first-order chi connectivity index (χ1) is 28.0. The van der Waals surface area contributed by atoms with Gasteiger partial charge in [-0.2, -0.15) is 0 Å². The molecule has 4 aliphatic carbocycles. The Hall–Kier alpha value is -6.44. The van der Waals surface area contributed by atoms with E-state index in [2.05, 4.69) is 219 Å². The molecule has 2 atom stereocenters. The molecule has 0 bridgehead atoms. The van der Waals surface area contributed by atoms with E-state index >= 15 is 0 Å². The summed E-state index contributed by atoms with van der Waals surface area (Å²) in [6.45, 7) is 4.91. The second kappa shape index (κ2) is 13.1. The van der Waals surface area contributed by atoms with E-state index in [-0.39, 0.29) is 11.3 Å². The number of allylic oxidation sites excluding steroid dienone is 5. The van der Waals surface area contributed by atoms with E-state index in [0.29, 0.717) is 5.92 Å². The minimum atomic E-state index is -0.423. The van der Waals surface area contributed by atoms with Crippen LogP contribution in [0.4, 0.5) is 17.1 Å². The maximum absolute atomic E-state index is 2.52. The molecule has 57 heavy (non-hydrogen) atoms. The second-order valence-electron chi connectivity index (χ2n) is 16.7. The van der Waals surface area contributed by atoms with Crippen molar-refractivity contribution in [3.05, 3.63) is 250 Å². The molecular formula is C56H45N. The van der Waals surface area contributed by atoms with Gasteiger partial charge in [0.2, 0.25) is 0 Å². The molecule has 0 spiro atoms. The lowest BCUT2D eigenvalue weighted by molar-refractivity contribution is 0.492. The number of hydrogen-bond donors (Lipinski definition) is 0. The Morgan fingerprint density at radius 3 is 1.74 bits per heavy atom. The molecule has 4 aliphatic rings. The minimum Gasteiger partial charge on any atom is -0.311 e. The molecule has 1 nitrogen and oxygen atoms in total. The Morgan fingerprint density at radius 1 is 0.509 bits per heavy atom. The topological polar surface area (TPSA) is 3.24 Å². The van der Waals surface area contributed by atoms with Crippen molar-refractivity contribution < 1.29 is 0 Å². The van der Waals surface area contributed by atoms with Gasteiger partial charge in [0.15, 0.2) is 0 Å². The highest BCUT2D eigenvalue weighted by Crippen LogP contribution is 2.61. The Bertz CT molecular complexity index is 2700. The van der Waals surface area contributed by atoms with Gasteiger partial charge < -0.3 is 4.90 Å². The van der Waals surface area contributed by atoms with Crippen LogP contribution in [0.1, 0.15) is 71.6 Å². The van der Waals surface area contributed by atoms with Crippen LogP contribution in [-0.2, 0) is 5.41 Å². The van der Waals surface area contributed by atoms with Crippen LogP contribution in [-0.4, -0.2) is 0 Å². The van der Waals surface area contributed by atoms with Crippen molar-refractivity contribution >= 4 is 23.1 Å². The summed E-state index contributed by atoms with van der Waals surface area (Å²) in [5, 5.41) is 0. The third-order valence-electron chi connectivity index (χ3n) is 13.6. The molecule has 2 unspecified atom stereocenters. The summed E-state index contributed by atoms with van der Waals surface area (Å²) in [6.07, 6.45) is 9.66. The fourth-order valence-electron chi connectivity index (χ4n) is 11.1. The summed E-state index contributed by atoms with van der Waals surface area (Å²) in [4.78, 5) is 2.41. The lowest BCUT2D eigenvalue weighted by atomic mass is 9.67. The smallest absolute Gasteiger partial charge is 0.0713 e. The van der Waals surface area contributed by atoms with Gasteiger partial charge in [-0.25, -0.2) is 0 Å². The van der Waals surface area contributed by atoms with Crippen molar-refractivity contribution in [3.8, 4) is 11.1 Å². The lowest BCUT2D eigenvalue weighted by Gasteiger charge is -2.36. The Morgan fingerprint density at radius 2 is 1.05 bits per heavy atom. The van der Waals surface area contributed by atoms with Crippen LogP contribution in [0.5, 0.6) is 0 Å². The van der Waals surface area contributed by atoms with E-state index < -0.39 is 5.41 Å². The third-order valence-corrected chi connectivity index (χ3v) is 13.6. The van der Waals surface area contributed by atoms with Crippen molar-refractivity contribution in [2.24, 2.45) is 11.3 Å². The van der Waals surface area contributed by atoms with Crippen LogP contribution in [0.25, 0.3) is 17.2 Å². The van der Waals surface area contributed by atoms with Gasteiger partial charge in [-0.1, -0.05) is 189 Å². The normalized spacial score (nSPS) is 19.2. The predicted molar refractivity (Wildman–Crippen MR) is 237 cm³/mol. The van der Waals surface area contributed by atoms with Gasteiger partial charge in [-0.15, -0.1) is 0 Å². The average Bonchev–Trinajstić information content (AvgIpc) is 3.70.